The molecule has 0 atom stereocenters. The van der Waals surface area contributed by atoms with Crippen LogP contribution in [0.4, 0.5) is 0 Å². The van der Waals surface area contributed by atoms with Crippen LogP contribution in [-0.4, -0.2) is 9.52 Å². The van der Waals surface area contributed by atoms with Crippen LogP contribution in [-0.2, 0) is 0 Å². The van der Waals surface area contributed by atoms with Gasteiger partial charge in [-0.25, -0.2) is 0 Å². The van der Waals surface area contributed by atoms with Crippen molar-refractivity contribution in [3.8, 4) is 0 Å². The Hall–Kier alpha value is -1.08. The van der Waals surface area contributed by atoms with Crippen molar-refractivity contribution in [3.63, 3.8) is 0 Å². The van der Waals surface area contributed by atoms with E-state index in [0.717, 1.165) is 0 Å². The maximum absolute atomic E-state index is 2.57. The number of benzene rings is 1. The van der Waals surface area contributed by atoms with Crippen molar-refractivity contribution in [2.75, 3.05) is 0 Å². The molecular weight excluding hydrogens is 304 g/mol. The molecule has 0 spiro atoms. The monoisotopic (exact) mass is 340 g/mol. The van der Waals surface area contributed by atoms with E-state index in [-0.39, 0.29) is 14.9 Å². The zero-order valence-corrected chi connectivity index (χ0v) is 18.4. The molecule has 132 valence electrons. The summed E-state index contributed by atoms with van der Waals surface area (Å²) in [4.78, 5) is 0. The highest BCUT2D eigenvalue weighted by atomic mass is 28.2. The van der Waals surface area contributed by atoms with E-state index in [4.69, 9.17) is 0 Å². The highest BCUT2D eigenvalue weighted by Gasteiger charge is 2.25. The predicted molar refractivity (Wildman–Crippen MR) is 112 cm³/mol. The van der Waals surface area contributed by atoms with Crippen molar-refractivity contribution in [2.24, 2.45) is 5.41 Å². The van der Waals surface area contributed by atoms with Gasteiger partial charge in [0.25, 0.3) is 0 Å². The molecule has 0 radical (unpaired) electrons. The fraction of sp³-hybridized carbons (Fsp3) is 0.565. The molecule has 1 aliphatic carbocycles. The number of rotatable bonds is 6. The van der Waals surface area contributed by atoms with E-state index in [2.05, 4.69) is 66.7 Å². The molecule has 0 fully saturated rings. The van der Waals surface area contributed by atoms with Gasteiger partial charge in [-0.3, -0.25) is 0 Å². The van der Waals surface area contributed by atoms with Gasteiger partial charge in [-0.1, -0.05) is 91.4 Å². The van der Waals surface area contributed by atoms with Crippen LogP contribution in [0.5, 0.6) is 0 Å². The second kappa shape index (κ2) is 7.87. The van der Waals surface area contributed by atoms with Gasteiger partial charge in [0, 0.05) is 0 Å². The summed E-state index contributed by atoms with van der Waals surface area (Å²) in [5, 5.41) is 3.48. The third-order valence-electron chi connectivity index (χ3n) is 5.31. The highest BCUT2D eigenvalue weighted by Crippen LogP contribution is 2.38. The molecule has 2 rings (SSSR count). The molecule has 1 aliphatic rings. The third kappa shape index (κ3) is 4.72. The lowest BCUT2D eigenvalue weighted by Gasteiger charge is -2.22. The molecule has 0 bridgehead atoms. The van der Waals surface area contributed by atoms with Crippen molar-refractivity contribution in [2.45, 2.75) is 80.6 Å². The van der Waals surface area contributed by atoms with Crippen LogP contribution < -0.4 is 5.19 Å². The van der Waals surface area contributed by atoms with Gasteiger partial charge in [0.2, 0.25) is 0 Å². The van der Waals surface area contributed by atoms with E-state index in [0.29, 0.717) is 0 Å². The van der Waals surface area contributed by atoms with Gasteiger partial charge >= 0.3 is 0 Å². The predicted octanol–water partition coefficient (Wildman–Crippen LogP) is 5.62. The number of hydrogen-bond acceptors (Lipinski definition) is 0. The highest BCUT2D eigenvalue weighted by molar-refractivity contribution is 6.62. The minimum absolute atomic E-state index is 0.279. The average molecular weight is 341 g/mol. The molecule has 0 saturated carbocycles. The summed E-state index contributed by atoms with van der Waals surface area (Å²) in [6.45, 7) is 16.3. The first-order valence-corrected chi connectivity index (χ1v) is 11.1. The van der Waals surface area contributed by atoms with E-state index < -0.39 is 0 Å². The molecule has 0 aliphatic heterocycles. The van der Waals surface area contributed by atoms with Crippen molar-refractivity contribution in [1.29, 1.82) is 0 Å². The quantitative estimate of drug-likeness (QED) is 0.466. The Morgan fingerprint density at radius 3 is 2.17 bits per heavy atom. The van der Waals surface area contributed by atoms with Gasteiger partial charge in [-0.15, -0.1) is 0 Å². The minimum atomic E-state index is -0.369. The van der Waals surface area contributed by atoms with Gasteiger partial charge in [0.1, 0.15) is 0 Å². The van der Waals surface area contributed by atoms with E-state index in [1.165, 1.54) is 48.8 Å². The Balaban J connectivity index is 2.25. The number of hydrogen-bond donors (Lipinski definition) is 0. The van der Waals surface area contributed by atoms with Crippen molar-refractivity contribution >= 4 is 14.7 Å². The molecule has 0 heterocycles. The Morgan fingerprint density at radius 1 is 1.00 bits per heavy atom. The molecule has 0 amide bonds. The van der Waals surface area contributed by atoms with Gasteiger partial charge in [0.05, 0.1) is 9.52 Å². The summed E-state index contributed by atoms with van der Waals surface area (Å²) in [5.41, 5.74) is 8.05. The van der Waals surface area contributed by atoms with E-state index in [1.54, 1.807) is 21.5 Å². The first kappa shape index (κ1) is 19.2. The summed E-state index contributed by atoms with van der Waals surface area (Å²) >= 11 is 0. The van der Waals surface area contributed by atoms with E-state index in [9.17, 15) is 0 Å². The summed E-state index contributed by atoms with van der Waals surface area (Å²) < 4.78 is 0. The standard InChI is InChI=1S/C23H36Si/c1-8-9-10-11-19-14-20(23(5,6)7)21(15-19)24-22-17(3)12-16(2)13-18(22)4/h12-14H,8-11,15,24H2,1-7H3. The minimum Gasteiger partial charge on any atom is -0.0749 e. The van der Waals surface area contributed by atoms with Crippen molar-refractivity contribution in [1.82, 2.24) is 0 Å². The van der Waals surface area contributed by atoms with Crippen LogP contribution >= 0.6 is 0 Å². The normalized spacial score (nSPS) is 15.7. The lowest BCUT2D eigenvalue weighted by Crippen LogP contribution is -2.25. The summed E-state index contributed by atoms with van der Waals surface area (Å²) in [6, 6.07) is 4.74. The molecule has 1 heteroatoms. The van der Waals surface area contributed by atoms with Gasteiger partial charge in [-0.2, -0.15) is 0 Å². The molecule has 24 heavy (non-hydrogen) atoms. The molecule has 0 nitrogen and oxygen atoms in total. The maximum atomic E-state index is 2.57. The fourth-order valence-corrected chi connectivity index (χ4v) is 6.55. The molecule has 0 saturated heterocycles. The van der Waals surface area contributed by atoms with Crippen molar-refractivity contribution in [3.05, 3.63) is 51.2 Å². The lowest BCUT2D eigenvalue weighted by molar-refractivity contribution is 0.516. The summed E-state index contributed by atoms with van der Waals surface area (Å²) in [5.74, 6) is 0. The smallest absolute Gasteiger partial charge is 0.0749 e. The number of aryl methyl sites for hydroxylation is 3. The topological polar surface area (TPSA) is 0 Å². The van der Waals surface area contributed by atoms with Crippen LogP contribution in [0.25, 0.3) is 0 Å². The van der Waals surface area contributed by atoms with E-state index in [1.807, 2.05) is 0 Å². The Kier molecular flexibility index (Phi) is 6.31. The molecule has 0 aromatic heterocycles. The third-order valence-corrected chi connectivity index (χ3v) is 7.84. The Labute approximate surface area is 152 Å². The number of allylic oxidation sites excluding steroid dienone is 4. The molecule has 0 unspecified atom stereocenters. The molecule has 1 aromatic rings. The van der Waals surface area contributed by atoms with Crippen LogP contribution in [0.1, 0.15) is 76.5 Å². The largest absolute Gasteiger partial charge is 0.0839 e. The molecule has 1 aromatic carbocycles. The van der Waals surface area contributed by atoms with Gasteiger partial charge < -0.3 is 0 Å². The average Bonchev–Trinajstić information content (AvgIpc) is 2.86. The second-order valence-corrected chi connectivity index (χ2v) is 10.7. The second-order valence-electron chi connectivity index (χ2n) is 8.76. The molecular formula is C23H36Si. The van der Waals surface area contributed by atoms with Crippen LogP contribution in [0.3, 0.4) is 0 Å². The lowest BCUT2D eigenvalue weighted by atomic mass is 9.87. The van der Waals surface area contributed by atoms with Crippen LogP contribution in [0, 0.1) is 26.2 Å². The Morgan fingerprint density at radius 2 is 1.62 bits per heavy atom. The first-order valence-electron chi connectivity index (χ1n) is 9.71. The Bertz CT molecular complexity index is 630. The summed E-state index contributed by atoms with van der Waals surface area (Å²) in [7, 11) is -0.369. The van der Waals surface area contributed by atoms with Crippen LogP contribution in [0.2, 0.25) is 0 Å². The van der Waals surface area contributed by atoms with Gasteiger partial charge in [0.15, 0.2) is 0 Å². The number of unbranched alkanes of at least 4 members (excludes halogenated alkanes) is 2. The first-order chi connectivity index (χ1) is 11.2. The maximum Gasteiger partial charge on any atom is 0.0839 e. The zero-order chi connectivity index (χ0) is 17.9. The SMILES string of the molecule is CCCCCC1=CC(C(C)(C)C)=C([SiH2]c2c(C)cc(C)cc2C)C1. The summed E-state index contributed by atoms with van der Waals surface area (Å²) in [6.07, 6.45) is 9.17. The van der Waals surface area contributed by atoms with Crippen molar-refractivity contribution < 1.29 is 0 Å². The van der Waals surface area contributed by atoms with Gasteiger partial charge in [-0.05, 0) is 51.0 Å². The van der Waals surface area contributed by atoms with E-state index >= 15 is 0 Å². The fourth-order valence-electron chi connectivity index (χ4n) is 4.10. The zero-order valence-electron chi connectivity index (χ0n) is 17.0. The van der Waals surface area contributed by atoms with Crippen LogP contribution in [0.15, 0.2) is 34.6 Å². The molecule has 0 N–H and O–H groups in total.